The van der Waals surface area contributed by atoms with Gasteiger partial charge >= 0.3 is 0 Å². The fourth-order valence-electron chi connectivity index (χ4n) is 3.32. The van der Waals surface area contributed by atoms with Gasteiger partial charge in [-0.2, -0.15) is 0 Å². The highest BCUT2D eigenvalue weighted by Gasteiger charge is 2.26. The number of hydrogen-bond acceptors (Lipinski definition) is 6. The molecular weight excluding hydrogens is 280 g/mol. The minimum atomic E-state index is 0.302. The lowest BCUT2D eigenvalue weighted by Gasteiger charge is -2.33. The maximum Gasteiger partial charge on any atom is 0.198 e. The molecule has 0 amide bonds. The van der Waals surface area contributed by atoms with Crippen LogP contribution in [0.3, 0.4) is 0 Å². The second-order valence-electron chi connectivity index (χ2n) is 6.62. The van der Waals surface area contributed by atoms with E-state index in [0.717, 1.165) is 38.1 Å². The van der Waals surface area contributed by atoms with Gasteiger partial charge in [0, 0.05) is 12.1 Å². The van der Waals surface area contributed by atoms with E-state index >= 15 is 0 Å². The largest absolute Gasteiger partial charge is 0.478 e. The Bertz CT molecular complexity index is 398. The van der Waals surface area contributed by atoms with Gasteiger partial charge in [-0.25, -0.2) is 9.98 Å². The highest BCUT2D eigenvalue weighted by atomic mass is 16.5. The maximum atomic E-state index is 5.57. The molecule has 6 nitrogen and oxygen atoms in total. The van der Waals surface area contributed by atoms with Gasteiger partial charge in [-0.1, -0.05) is 12.8 Å². The van der Waals surface area contributed by atoms with Gasteiger partial charge in [-0.3, -0.25) is 0 Å². The van der Waals surface area contributed by atoms with Crippen molar-refractivity contribution in [3.05, 3.63) is 0 Å². The number of aliphatic imine (C=N–C) groups is 2. The lowest BCUT2D eigenvalue weighted by Crippen LogP contribution is -2.52. The predicted molar refractivity (Wildman–Crippen MR) is 87.7 cm³/mol. The number of hydrogen-bond donors (Lipinski definition) is 2. The van der Waals surface area contributed by atoms with Crippen LogP contribution in [0.15, 0.2) is 9.98 Å². The van der Waals surface area contributed by atoms with Crippen molar-refractivity contribution in [2.24, 2.45) is 9.98 Å². The third-order valence-electron chi connectivity index (χ3n) is 4.51. The van der Waals surface area contributed by atoms with E-state index in [-0.39, 0.29) is 0 Å². The smallest absolute Gasteiger partial charge is 0.198 e. The number of ether oxygens (including phenoxy) is 2. The second kappa shape index (κ2) is 7.42. The summed E-state index contributed by atoms with van der Waals surface area (Å²) in [6, 6.07) is 1.54. The van der Waals surface area contributed by atoms with Crippen LogP contribution in [0.2, 0.25) is 0 Å². The number of rotatable bonds is 6. The molecule has 0 aromatic heterocycles. The van der Waals surface area contributed by atoms with Crippen molar-refractivity contribution >= 4 is 11.8 Å². The minimum Gasteiger partial charge on any atom is -0.478 e. The predicted octanol–water partition coefficient (Wildman–Crippen LogP) is 1.11. The van der Waals surface area contributed by atoms with Crippen LogP contribution in [0.1, 0.15) is 39.5 Å². The maximum absolute atomic E-state index is 5.57. The van der Waals surface area contributed by atoms with Gasteiger partial charge < -0.3 is 20.1 Å². The van der Waals surface area contributed by atoms with Crippen LogP contribution in [0.25, 0.3) is 0 Å². The van der Waals surface area contributed by atoms with Gasteiger partial charge in [0.2, 0.25) is 0 Å². The molecule has 4 atom stereocenters. The van der Waals surface area contributed by atoms with E-state index in [4.69, 9.17) is 9.47 Å². The van der Waals surface area contributed by atoms with Gasteiger partial charge in [0.25, 0.3) is 0 Å². The quantitative estimate of drug-likeness (QED) is 0.771. The third kappa shape index (κ3) is 4.20. The van der Waals surface area contributed by atoms with E-state index in [1.165, 1.54) is 25.7 Å². The first-order valence-electron chi connectivity index (χ1n) is 8.56. The third-order valence-corrected chi connectivity index (χ3v) is 4.51. The van der Waals surface area contributed by atoms with Crippen LogP contribution < -0.4 is 10.6 Å². The summed E-state index contributed by atoms with van der Waals surface area (Å²) in [5, 5.41) is 7.24. The van der Waals surface area contributed by atoms with Crippen molar-refractivity contribution in [1.82, 2.24) is 10.6 Å². The van der Waals surface area contributed by atoms with Crippen molar-refractivity contribution in [3.63, 3.8) is 0 Å². The van der Waals surface area contributed by atoms with Crippen molar-refractivity contribution in [3.8, 4) is 0 Å². The van der Waals surface area contributed by atoms with E-state index in [1.54, 1.807) is 0 Å². The summed E-state index contributed by atoms with van der Waals surface area (Å²) < 4.78 is 11.1. The van der Waals surface area contributed by atoms with Crippen LogP contribution in [0.4, 0.5) is 0 Å². The Morgan fingerprint density at radius 2 is 1.32 bits per heavy atom. The Morgan fingerprint density at radius 3 is 1.68 bits per heavy atom. The Hall–Kier alpha value is -1.14. The van der Waals surface area contributed by atoms with E-state index in [1.807, 2.05) is 0 Å². The van der Waals surface area contributed by atoms with E-state index in [0.29, 0.717) is 24.2 Å². The van der Waals surface area contributed by atoms with Crippen molar-refractivity contribution < 1.29 is 9.47 Å². The fraction of sp³-hybridized carbons (Fsp3) is 0.875. The van der Waals surface area contributed by atoms with E-state index < -0.39 is 0 Å². The molecule has 0 saturated heterocycles. The zero-order chi connectivity index (χ0) is 15.4. The second-order valence-corrected chi connectivity index (χ2v) is 6.62. The first kappa shape index (κ1) is 15.7. The first-order chi connectivity index (χ1) is 10.7. The van der Waals surface area contributed by atoms with Crippen LogP contribution in [0, 0.1) is 0 Å². The van der Waals surface area contributed by atoms with Crippen LogP contribution in [-0.4, -0.2) is 62.3 Å². The van der Waals surface area contributed by atoms with Crippen molar-refractivity contribution in [1.29, 1.82) is 0 Å². The summed E-state index contributed by atoms with van der Waals surface area (Å²) in [6.07, 6.45) is 4.97. The molecule has 3 aliphatic rings. The molecule has 0 spiro atoms. The molecule has 3 rings (SSSR count). The summed E-state index contributed by atoms with van der Waals surface area (Å²) in [6.45, 7) is 7.09. The number of nitrogens with one attached hydrogen (secondary N) is 2. The topological polar surface area (TPSA) is 67.2 Å². The molecule has 6 heteroatoms. The standard InChI is InChI=1S/C16H28N4O2/c1-11-9-21-15(19-11)7-17-13-5-3-4-6-14(13)18-8-16-20-12(2)10-22-16/h11-14,17-18H,3-10H2,1-2H3. The molecule has 4 unspecified atom stereocenters. The highest BCUT2D eigenvalue weighted by Crippen LogP contribution is 2.19. The summed E-state index contributed by atoms with van der Waals surface area (Å²) >= 11 is 0. The molecule has 2 heterocycles. The first-order valence-corrected chi connectivity index (χ1v) is 8.56. The minimum absolute atomic E-state index is 0.302. The monoisotopic (exact) mass is 308 g/mol. The molecular formula is C16H28N4O2. The van der Waals surface area contributed by atoms with Crippen LogP contribution >= 0.6 is 0 Å². The van der Waals surface area contributed by atoms with E-state index in [2.05, 4.69) is 34.5 Å². The molecule has 1 saturated carbocycles. The average Bonchev–Trinajstić information content (AvgIpc) is 3.12. The molecule has 2 N–H and O–H groups in total. The summed E-state index contributed by atoms with van der Waals surface area (Å²) in [7, 11) is 0. The zero-order valence-electron chi connectivity index (χ0n) is 13.7. The van der Waals surface area contributed by atoms with Gasteiger partial charge in [0.1, 0.15) is 13.2 Å². The Morgan fingerprint density at radius 1 is 0.864 bits per heavy atom. The van der Waals surface area contributed by atoms with Crippen molar-refractivity contribution in [2.75, 3.05) is 26.3 Å². The molecule has 124 valence electrons. The summed E-state index contributed by atoms with van der Waals surface area (Å²) in [4.78, 5) is 8.98. The highest BCUT2D eigenvalue weighted by molar-refractivity contribution is 5.80. The molecule has 0 aromatic carbocycles. The Labute approximate surface area is 132 Å². The Kier molecular flexibility index (Phi) is 5.31. The molecule has 0 bridgehead atoms. The lowest BCUT2D eigenvalue weighted by molar-refractivity contribution is 0.276. The zero-order valence-corrected chi connectivity index (χ0v) is 13.7. The normalized spacial score (nSPS) is 34.8. The molecule has 1 aliphatic carbocycles. The molecule has 2 aliphatic heterocycles. The SMILES string of the molecule is CC1COC(CNC2CCCCC2NCC2=NC(C)CO2)=N1. The number of nitrogens with zero attached hydrogens (tertiary/aromatic N) is 2. The fourth-order valence-corrected chi connectivity index (χ4v) is 3.32. The van der Waals surface area contributed by atoms with Gasteiger partial charge in [-0.15, -0.1) is 0 Å². The molecule has 1 fully saturated rings. The van der Waals surface area contributed by atoms with Crippen LogP contribution in [0.5, 0.6) is 0 Å². The van der Waals surface area contributed by atoms with Gasteiger partial charge in [0.05, 0.1) is 25.2 Å². The molecule has 0 radical (unpaired) electrons. The molecule has 22 heavy (non-hydrogen) atoms. The van der Waals surface area contributed by atoms with Crippen LogP contribution in [-0.2, 0) is 9.47 Å². The Balaban J connectivity index is 1.46. The average molecular weight is 308 g/mol. The van der Waals surface area contributed by atoms with Crippen molar-refractivity contribution in [2.45, 2.75) is 63.7 Å². The molecule has 0 aromatic rings. The van der Waals surface area contributed by atoms with Gasteiger partial charge in [-0.05, 0) is 26.7 Å². The summed E-state index contributed by atoms with van der Waals surface area (Å²) in [5.41, 5.74) is 0. The van der Waals surface area contributed by atoms with Gasteiger partial charge in [0.15, 0.2) is 11.8 Å². The lowest BCUT2D eigenvalue weighted by atomic mass is 9.90. The summed E-state index contributed by atoms with van der Waals surface area (Å²) in [5.74, 6) is 1.71. The van der Waals surface area contributed by atoms with E-state index in [9.17, 15) is 0 Å².